The van der Waals surface area contributed by atoms with E-state index in [-0.39, 0.29) is 0 Å². The van der Waals surface area contributed by atoms with Crippen molar-refractivity contribution in [3.8, 4) is 22.5 Å². The molecule has 3 aromatic rings. The fourth-order valence-electron chi connectivity index (χ4n) is 3.95. The topological polar surface area (TPSA) is 128 Å². The molecule has 1 fully saturated rings. The lowest BCUT2D eigenvalue weighted by Gasteiger charge is -2.19. The van der Waals surface area contributed by atoms with E-state index >= 15 is 0 Å². The summed E-state index contributed by atoms with van der Waals surface area (Å²) in [7, 11) is -3.61. The van der Waals surface area contributed by atoms with Crippen LogP contribution >= 0.6 is 0 Å². The van der Waals surface area contributed by atoms with E-state index < -0.39 is 33.0 Å². The third-order valence-corrected chi connectivity index (χ3v) is 6.43. The molecule has 2 N–H and O–H groups in total. The number of benzene rings is 2. The fraction of sp³-hybridized carbons (Fsp3) is 0.346. The molecule has 0 bridgehead atoms. The molecule has 0 saturated heterocycles. The zero-order valence-electron chi connectivity index (χ0n) is 20.8. The number of aryl methyl sites for hydroxylation is 1. The minimum atomic E-state index is -3.61. The lowest BCUT2D eigenvalue weighted by atomic mass is 9.93. The number of nitrogens with zero attached hydrogens (tertiary/aromatic N) is 1. The number of amides is 2. The molecule has 1 saturated carbocycles. The average Bonchev–Trinajstić information content (AvgIpc) is 3.52. The number of ether oxygens (including phenoxy) is 1. The summed E-state index contributed by atoms with van der Waals surface area (Å²) < 4.78 is 35.9. The van der Waals surface area contributed by atoms with Gasteiger partial charge in [-0.15, -0.1) is 0 Å². The Morgan fingerprint density at radius 2 is 1.50 bits per heavy atom. The Kier molecular flexibility index (Phi) is 6.42. The number of hydrogen-bond donors (Lipinski definition) is 2. The molecule has 10 heteroatoms. The molecule has 190 valence electrons. The van der Waals surface area contributed by atoms with Gasteiger partial charge in [-0.3, -0.25) is 14.8 Å². The second-order valence-electron chi connectivity index (χ2n) is 10.0. The van der Waals surface area contributed by atoms with Crippen LogP contribution in [0.4, 0.5) is 10.5 Å². The van der Waals surface area contributed by atoms with Crippen molar-refractivity contribution in [2.75, 3.05) is 11.6 Å². The van der Waals surface area contributed by atoms with Crippen LogP contribution in [0.2, 0.25) is 0 Å². The zero-order valence-corrected chi connectivity index (χ0v) is 21.7. The van der Waals surface area contributed by atoms with E-state index in [2.05, 4.69) is 15.2 Å². The Morgan fingerprint density at radius 1 is 0.972 bits per heavy atom. The third-order valence-electron chi connectivity index (χ3n) is 5.87. The van der Waals surface area contributed by atoms with Crippen LogP contribution in [0.1, 0.15) is 44.9 Å². The Bertz CT molecular complexity index is 1400. The Balaban J connectivity index is 1.51. The van der Waals surface area contributed by atoms with Crippen molar-refractivity contribution in [3.05, 3.63) is 59.8 Å². The number of sulfonamides is 1. The summed E-state index contributed by atoms with van der Waals surface area (Å²) in [6.45, 7) is 7.09. The molecule has 9 nitrogen and oxygen atoms in total. The quantitative estimate of drug-likeness (QED) is 0.488. The fourth-order valence-corrected chi connectivity index (χ4v) is 4.49. The number of nitrogens with one attached hydrogen (secondary N) is 2. The van der Waals surface area contributed by atoms with Crippen LogP contribution < -0.4 is 10.0 Å². The summed E-state index contributed by atoms with van der Waals surface area (Å²) in [5, 5.41) is 6.70. The second kappa shape index (κ2) is 9.09. The highest BCUT2D eigenvalue weighted by molar-refractivity contribution is 7.89. The summed E-state index contributed by atoms with van der Waals surface area (Å²) in [6.07, 6.45) is 1.60. The number of anilines is 1. The van der Waals surface area contributed by atoms with Crippen LogP contribution in [-0.4, -0.2) is 37.4 Å². The summed E-state index contributed by atoms with van der Waals surface area (Å²) in [5.41, 5.74) is 2.96. The molecule has 2 aromatic carbocycles. The summed E-state index contributed by atoms with van der Waals surface area (Å²) in [6, 6.07) is 15.1. The van der Waals surface area contributed by atoms with Crippen LogP contribution in [0, 0.1) is 6.92 Å². The number of hydrogen-bond acceptors (Lipinski definition) is 7. The molecule has 0 radical (unpaired) electrons. The maximum absolute atomic E-state index is 12.5. The third kappa shape index (κ3) is 5.59. The monoisotopic (exact) mass is 511 g/mol. The highest BCUT2D eigenvalue weighted by Crippen LogP contribution is 2.48. The van der Waals surface area contributed by atoms with E-state index in [1.807, 2.05) is 48.5 Å². The van der Waals surface area contributed by atoms with Crippen molar-refractivity contribution in [1.82, 2.24) is 9.88 Å². The van der Waals surface area contributed by atoms with Gasteiger partial charge >= 0.3 is 6.09 Å². The SMILES string of the molecule is Cc1noc(-c2ccc(-c3ccc(C4(C(=O)NS(C)(=O)=O)CC4)cc3)cc2)c1NC(=O)OC(C)(C)C. The van der Waals surface area contributed by atoms with Gasteiger partial charge in [-0.05, 0) is 57.2 Å². The van der Waals surface area contributed by atoms with Crippen LogP contribution in [0.15, 0.2) is 53.1 Å². The number of carbonyl (C=O) groups excluding carboxylic acids is 2. The zero-order chi connectivity index (χ0) is 26.3. The number of aromatic nitrogens is 1. The van der Waals surface area contributed by atoms with Crippen molar-refractivity contribution in [1.29, 1.82) is 0 Å². The van der Waals surface area contributed by atoms with Crippen LogP contribution in [0.3, 0.4) is 0 Å². The molecule has 0 atom stereocenters. The summed E-state index contributed by atoms with van der Waals surface area (Å²) in [4.78, 5) is 24.8. The van der Waals surface area contributed by atoms with Gasteiger partial charge in [-0.2, -0.15) is 0 Å². The highest BCUT2D eigenvalue weighted by Gasteiger charge is 2.52. The first-order valence-corrected chi connectivity index (χ1v) is 13.4. The average molecular weight is 512 g/mol. The Hall–Kier alpha value is -3.66. The van der Waals surface area contributed by atoms with Gasteiger partial charge in [0.05, 0.1) is 11.7 Å². The predicted octanol–water partition coefficient (Wildman–Crippen LogP) is 4.77. The first-order chi connectivity index (χ1) is 16.8. The van der Waals surface area contributed by atoms with Crippen LogP contribution in [0.5, 0.6) is 0 Å². The molecule has 0 aliphatic heterocycles. The van der Waals surface area contributed by atoms with Gasteiger partial charge in [0.15, 0.2) is 5.76 Å². The van der Waals surface area contributed by atoms with E-state index in [4.69, 9.17) is 9.26 Å². The molecular weight excluding hydrogens is 482 g/mol. The predicted molar refractivity (Wildman–Crippen MR) is 136 cm³/mol. The molecule has 1 aliphatic carbocycles. The molecule has 1 aliphatic rings. The van der Waals surface area contributed by atoms with Crippen molar-refractivity contribution in [2.24, 2.45) is 0 Å². The lowest BCUT2D eigenvalue weighted by molar-refractivity contribution is -0.121. The van der Waals surface area contributed by atoms with Gasteiger partial charge in [0.25, 0.3) is 0 Å². The molecule has 0 unspecified atom stereocenters. The minimum absolute atomic E-state index is 0.424. The van der Waals surface area contributed by atoms with Crippen molar-refractivity contribution in [3.63, 3.8) is 0 Å². The standard InChI is InChI=1S/C26H29N3O6S/c1-16-21(27-24(31)34-25(2,3)4)22(35-28-16)19-8-6-17(7-9-19)18-10-12-20(13-11-18)26(14-15-26)23(30)29-36(5,32)33/h6-13H,14-15H2,1-5H3,(H,27,31)(H,29,30). The van der Waals surface area contributed by atoms with Crippen LogP contribution in [0.25, 0.3) is 22.5 Å². The lowest BCUT2D eigenvalue weighted by Crippen LogP contribution is -2.38. The van der Waals surface area contributed by atoms with Crippen molar-refractivity contribution in [2.45, 2.75) is 51.6 Å². The first kappa shape index (κ1) is 25.4. The van der Waals surface area contributed by atoms with Gasteiger partial charge < -0.3 is 9.26 Å². The van der Waals surface area contributed by atoms with Gasteiger partial charge in [0.2, 0.25) is 15.9 Å². The van der Waals surface area contributed by atoms with E-state index in [1.54, 1.807) is 27.7 Å². The van der Waals surface area contributed by atoms with E-state index in [9.17, 15) is 18.0 Å². The van der Waals surface area contributed by atoms with E-state index in [0.717, 1.165) is 28.5 Å². The summed E-state index contributed by atoms with van der Waals surface area (Å²) in [5.74, 6) is -0.0620. The molecule has 36 heavy (non-hydrogen) atoms. The normalized spacial score (nSPS) is 14.7. The minimum Gasteiger partial charge on any atom is -0.444 e. The first-order valence-electron chi connectivity index (χ1n) is 11.5. The maximum atomic E-state index is 12.5. The van der Waals surface area contributed by atoms with Gasteiger partial charge in [-0.1, -0.05) is 53.7 Å². The molecule has 0 spiro atoms. The molecular formula is C26H29N3O6S. The van der Waals surface area contributed by atoms with Crippen molar-refractivity contribution < 1.29 is 27.3 Å². The van der Waals surface area contributed by atoms with E-state index in [0.29, 0.717) is 30.0 Å². The van der Waals surface area contributed by atoms with Gasteiger partial charge in [0, 0.05) is 5.56 Å². The highest BCUT2D eigenvalue weighted by atomic mass is 32.2. The number of carbonyl (C=O) groups is 2. The van der Waals surface area contributed by atoms with E-state index in [1.165, 1.54) is 0 Å². The summed E-state index contributed by atoms with van der Waals surface area (Å²) >= 11 is 0. The maximum Gasteiger partial charge on any atom is 0.412 e. The second-order valence-corrected chi connectivity index (χ2v) is 11.8. The smallest absolute Gasteiger partial charge is 0.412 e. The molecule has 1 aromatic heterocycles. The van der Waals surface area contributed by atoms with Gasteiger partial charge in [-0.25, -0.2) is 13.2 Å². The van der Waals surface area contributed by atoms with Crippen molar-refractivity contribution >= 4 is 27.7 Å². The van der Waals surface area contributed by atoms with Gasteiger partial charge in [0.1, 0.15) is 17.0 Å². The molecule has 4 rings (SSSR count). The Morgan fingerprint density at radius 3 is 2.00 bits per heavy atom. The molecule has 1 heterocycles. The Labute approximate surface area is 210 Å². The number of rotatable bonds is 6. The molecule has 2 amide bonds. The van der Waals surface area contributed by atoms with Crippen LogP contribution in [-0.2, 0) is 25.0 Å². The largest absolute Gasteiger partial charge is 0.444 e.